The maximum absolute atomic E-state index is 11.7. The molecule has 0 heterocycles. The van der Waals surface area contributed by atoms with Gasteiger partial charge in [-0.05, 0) is 37.9 Å². The number of para-hydroxylation sites is 1. The molecule has 1 aliphatic carbocycles. The Kier molecular flexibility index (Phi) is 9.42. The number of likely N-dealkylation sites (N-methyl/N-ethyl adjacent to an activating group) is 1. The number of aryl methyl sites for hydroxylation is 1. The highest BCUT2D eigenvalue weighted by Gasteiger charge is 2.25. The van der Waals surface area contributed by atoms with Crippen molar-refractivity contribution in [2.24, 2.45) is 0 Å². The molecule has 1 aromatic rings. The lowest BCUT2D eigenvalue weighted by Gasteiger charge is -2.15. The van der Waals surface area contributed by atoms with E-state index in [1.807, 2.05) is 24.3 Å². The molecule has 1 saturated carbocycles. The number of carbonyl (C=O) groups is 1. The lowest BCUT2D eigenvalue weighted by Crippen LogP contribution is -2.34. The average molecular weight is 334 g/mol. The third-order valence-electron chi connectivity index (χ3n) is 3.63. The standard InChI is InChI=1S/C15H23N3O.2ClH/c1-18(13-7-8-13)11-10-17-15(19)9-6-12-4-2-3-5-14(12)16;;/h2-5,13H,6-11,16H2,1H3,(H,17,19);2*1H. The lowest BCUT2D eigenvalue weighted by molar-refractivity contribution is -0.121. The van der Waals surface area contributed by atoms with E-state index in [2.05, 4.69) is 17.3 Å². The zero-order valence-corrected chi connectivity index (χ0v) is 14.0. The van der Waals surface area contributed by atoms with Crippen molar-refractivity contribution in [1.29, 1.82) is 0 Å². The summed E-state index contributed by atoms with van der Waals surface area (Å²) in [5.74, 6) is 0.104. The van der Waals surface area contributed by atoms with Gasteiger partial charge in [0.25, 0.3) is 0 Å². The minimum atomic E-state index is 0. The van der Waals surface area contributed by atoms with Gasteiger partial charge >= 0.3 is 0 Å². The van der Waals surface area contributed by atoms with E-state index in [-0.39, 0.29) is 30.7 Å². The monoisotopic (exact) mass is 333 g/mol. The van der Waals surface area contributed by atoms with Gasteiger partial charge in [-0.2, -0.15) is 0 Å². The predicted octanol–water partition coefficient (Wildman–Crippen LogP) is 2.26. The molecule has 0 saturated heterocycles. The van der Waals surface area contributed by atoms with Gasteiger partial charge in [0.15, 0.2) is 0 Å². The fourth-order valence-electron chi connectivity index (χ4n) is 2.17. The van der Waals surface area contributed by atoms with Crippen LogP contribution in [0, 0.1) is 0 Å². The van der Waals surface area contributed by atoms with Gasteiger partial charge in [0.1, 0.15) is 0 Å². The Balaban J connectivity index is 0.00000200. The van der Waals surface area contributed by atoms with Crippen LogP contribution in [-0.2, 0) is 11.2 Å². The molecule has 0 aromatic heterocycles. The number of hydrogen-bond acceptors (Lipinski definition) is 3. The summed E-state index contributed by atoms with van der Waals surface area (Å²) in [6.07, 6.45) is 3.81. The summed E-state index contributed by atoms with van der Waals surface area (Å²) >= 11 is 0. The summed E-state index contributed by atoms with van der Waals surface area (Å²) in [7, 11) is 2.12. The number of benzene rings is 1. The maximum Gasteiger partial charge on any atom is 0.220 e. The Labute approximate surface area is 139 Å². The predicted molar refractivity (Wildman–Crippen MR) is 92.3 cm³/mol. The first-order valence-electron chi connectivity index (χ1n) is 6.97. The minimum Gasteiger partial charge on any atom is -0.399 e. The van der Waals surface area contributed by atoms with Crippen LogP contribution < -0.4 is 11.1 Å². The Morgan fingerprint density at radius 3 is 2.62 bits per heavy atom. The normalized spacial score (nSPS) is 13.2. The second kappa shape index (κ2) is 9.87. The summed E-state index contributed by atoms with van der Waals surface area (Å²) in [6.45, 7) is 1.67. The van der Waals surface area contributed by atoms with Crippen molar-refractivity contribution in [2.75, 3.05) is 25.9 Å². The van der Waals surface area contributed by atoms with E-state index in [9.17, 15) is 4.79 Å². The van der Waals surface area contributed by atoms with Crippen LogP contribution in [0.25, 0.3) is 0 Å². The summed E-state index contributed by atoms with van der Waals surface area (Å²) in [4.78, 5) is 14.0. The number of hydrogen-bond donors (Lipinski definition) is 2. The van der Waals surface area contributed by atoms with Gasteiger partial charge in [0.2, 0.25) is 5.91 Å². The largest absolute Gasteiger partial charge is 0.399 e. The number of carbonyl (C=O) groups excluding carboxylic acids is 1. The number of rotatable bonds is 7. The Bertz CT molecular complexity index is 439. The summed E-state index contributed by atoms with van der Waals surface area (Å²) < 4.78 is 0. The van der Waals surface area contributed by atoms with E-state index >= 15 is 0 Å². The number of amides is 1. The number of halogens is 2. The van der Waals surface area contributed by atoms with Crippen LogP contribution in [0.15, 0.2) is 24.3 Å². The molecule has 1 amide bonds. The molecule has 1 aliphatic rings. The smallest absolute Gasteiger partial charge is 0.220 e. The van der Waals surface area contributed by atoms with Gasteiger partial charge in [0, 0.05) is 31.2 Å². The SMILES string of the molecule is CN(CCNC(=O)CCc1ccccc1N)C1CC1.Cl.Cl. The highest BCUT2D eigenvalue weighted by atomic mass is 35.5. The molecule has 4 nitrogen and oxygen atoms in total. The lowest BCUT2D eigenvalue weighted by atomic mass is 10.1. The first-order valence-corrected chi connectivity index (χ1v) is 6.97. The maximum atomic E-state index is 11.7. The minimum absolute atomic E-state index is 0. The van der Waals surface area contributed by atoms with Crippen LogP contribution in [0.1, 0.15) is 24.8 Å². The molecule has 0 unspecified atom stereocenters. The molecular formula is C15H25Cl2N3O. The molecule has 1 fully saturated rings. The highest BCUT2D eigenvalue weighted by molar-refractivity contribution is 5.85. The summed E-state index contributed by atoms with van der Waals surface area (Å²) in [5.41, 5.74) is 7.66. The van der Waals surface area contributed by atoms with Crippen molar-refractivity contribution in [3.05, 3.63) is 29.8 Å². The molecule has 0 radical (unpaired) electrons. The molecule has 0 spiro atoms. The highest BCUT2D eigenvalue weighted by Crippen LogP contribution is 2.24. The van der Waals surface area contributed by atoms with Gasteiger partial charge in [-0.1, -0.05) is 18.2 Å². The number of nitrogens with one attached hydrogen (secondary N) is 1. The van der Waals surface area contributed by atoms with Crippen LogP contribution in [0.3, 0.4) is 0 Å². The fraction of sp³-hybridized carbons (Fsp3) is 0.533. The van der Waals surface area contributed by atoms with Crippen molar-refractivity contribution in [1.82, 2.24) is 10.2 Å². The van der Waals surface area contributed by atoms with Crippen molar-refractivity contribution >= 4 is 36.4 Å². The van der Waals surface area contributed by atoms with E-state index in [0.717, 1.165) is 30.4 Å². The second-order valence-corrected chi connectivity index (χ2v) is 5.26. The number of anilines is 1. The zero-order chi connectivity index (χ0) is 13.7. The Hall–Kier alpha value is -0.970. The number of nitrogens with two attached hydrogens (primary N) is 1. The molecule has 0 aliphatic heterocycles. The third kappa shape index (κ3) is 7.02. The molecule has 6 heteroatoms. The van der Waals surface area contributed by atoms with Crippen molar-refractivity contribution < 1.29 is 4.79 Å². The van der Waals surface area contributed by atoms with Gasteiger partial charge < -0.3 is 16.0 Å². The third-order valence-corrected chi connectivity index (χ3v) is 3.63. The van der Waals surface area contributed by atoms with E-state index in [4.69, 9.17) is 5.73 Å². The van der Waals surface area contributed by atoms with Gasteiger partial charge in [-0.25, -0.2) is 0 Å². The quantitative estimate of drug-likeness (QED) is 0.752. The molecule has 3 N–H and O–H groups in total. The van der Waals surface area contributed by atoms with E-state index in [1.54, 1.807) is 0 Å². The van der Waals surface area contributed by atoms with Crippen molar-refractivity contribution in [3.8, 4) is 0 Å². The first-order chi connectivity index (χ1) is 9.16. The Morgan fingerprint density at radius 1 is 1.33 bits per heavy atom. The fourth-order valence-corrected chi connectivity index (χ4v) is 2.17. The van der Waals surface area contributed by atoms with Crippen LogP contribution in [0.4, 0.5) is 5.69 Å². The Morgan fingerprint density at radius 2 is 2.00 bits per heavy atom. The van der Waals surface area contributed by atoms with Crippen LogP contribution in [0.5, 0.6) is 0 Å². The topological polar surface area (TPSA) is 58.4 Å². The molecular weight excluding hydrogens is 309 g/mol. The molecule has 0 bridgehead atoms. The molecule has 120 valence electrons. The van der Waals surface area contributed by atoms with E-state index in [0.29, 0.717) is 12.8 Å². The zero-order valence-electron chi connectivity index (χ0n) is 12.4. The van der Waals surface area contributed by atoms with Crippen LogP contribution in [-0.4, -0.2) is 37.0 Å². The van der Waals surface area contributed by atoms with Gasteiger partial charge in [-0.15, -0.1) is 24.8 Å². The van der Waals surface area contributed by atoms with Gasteiger partial charge in [-0.3, -0.25) is 4.79 Å². The molecule has 2 rings (SSSR count). The number of nitrogen functional groups attached to an aromatic ring is 1. The van der Waals surface area contributed by atoms with Crippen molar-refractivity contribution in [2.45, 2.75) is 31.7 Å². The van der Waals surface area contributed by atoms with E-state index < -0.39 is 0 Å². The van der Waals surface area contributed by atoms with Crippen molar-refractivity contribution in [3.63, 3.8) is 0 Å². The van der Waals surface area contributed by atoms with Crippen LogP contribution >= 0.6 is 24.8 Å². The van der Waals surface area contributed by atoms with Gasteiger partial charge in [0.05, 0.1) is 0 Å². The van der Waals surface area contributed by atoms with E-state index in [1.165, 1.54) is 12.8 Å². The summed E-state index contributed by atoms with van der Waals surface area (Å²) in [5, 5.41) is 2.96. The number of nitrogens with zero attached hydrogens (tertiary/aromatic N) is 1. The first kappa shape index (κ1) is 20.0. The molecule has 0 atom stereocenters. The molecule has 21 heavy (non-hydrogen) atoms. The molecule has 1 aromatic carbocycles. The average Bonchev–Trinajstić information content (AvgIpc) is 3.22. The van der Waals surface area contributed by atoms with Crippen LogP contribution in [0.2, 0.25) is 0 Å². The second-order valence-electron chi connectivity index (χ2n) is 5.26. The summed E-state index contributed by atoms with van der Waals surface area (Å²) in [6, 6.07) is 8.46.